The van der Waals surface area contributed by atoms with Gasteiger partial charge in [-0.05, 0) is 69.4 Å². The molecule has 0 unspecified atom stereocenters. The molecule has 1 N–H and O–H groups in total. The zero-order valence-corrected chi connectivity index (χ0v) is 19.0. The molecule has 30 heavy (non-hydrogen) atoms. The van der Waals surface area contributed by atoms with Crippen LogP contribution < -0.4 is 10.1 Å². The van der Waals surface area contributed by atoms with Crippen molar-refractivity contribution in [3.05, 3.63) is 64.7 Å². The summed E-state index contributed by atoms with van der Waals surface area (Å²) in [6.45, 7) is 12.0. The van der Waals surface area contributed by atoms with Gasteiger partial charge in [0.05, 0.1) is 0 Å². The molecular formula is C25H34N2O3. The van der Waals surface area contributed by atoms with Crippen LogP contribution in [-0.4, -0.2) is 35.4 Å². The Balaban J connectivity index is 2.18. The molecule has 5 heteroatoms. The average molecular weight is 411 g/mol. The van der Waals surface area contributed by atoms with E-state index in [-0.39, 0.29) is 24.5 Å². The molecule has 2 atom stereocenters. The van der Waals surface area contributed by atoms with Crippen molar-refractivity contribution in [1.82, 2.24) is 10.2 Å². The summed E-state index contributed by atoms with van der Waals surface area (Å²) in [6.07, 6.45) is 0.834. The molecule has 0 saturated carbocycles. The van der Waals surface area contributed by atoms with Gasteiger partial charge in [0.25, 0.3) is 5.91 Å². The van der Waals surface area contributed by atoms with Crippen LogP contribution in [0.4, 0.5) is 0 Å². The van der Waals surface area contributed by atoms with Gasteiger partial charge in [0.15, 0.2) is 6.61 Å². The monoisotopic (exact) mass is 410 g/mol. The molecule has 0 radical (unpaired) electrons. The molecule has 0 aliphatic rings. The van der Waals surface area contributed by atoms with Crippen LogP contribution in [0, 0.1) is 20.8 Å². The Hall–Kier alpha value is -2.82. The second-order valence-corrected chi connectivity index (χ2v) is 7.99. The molecule has 0 aliphatic carbocycles. The van der Waals surface area contributed by atoms with Crippen molar-refractivity contribution in [3.63, 3.8) is 0 Å². The molecule has 2 amide bonds. The molecule has 162 valence electrons. The minimum Gasteiger partial charge on any atom is -0.483 e. The van der Waals surface area contributed by atoms with Gasteiger partial charge in [-0.15, -0.1) is 0 Å². The number of hydrogen-bond acceptors (Lipinski definition) is 3. The predicted octanol–water partition coefficient (Wildman–Crippen LogP) is 4.32. The van der Waals surface area contributed by atoms with E-state index in [0.29, 0.717) is 12.3 Å². The van der Waals surface area contributed by atoms with E-state index in [1.165, 1.54) is 0 Å². The van der Waals surface area contributed by atoms with Crippen LogP contribution >= 0.6 is 0 Å². The maximum absolute atomic E-state index is 13.1. The van der Waals surface area contributed by atoms with Crippen LogP contribution in [-0.2, 0) is 16.1 Å². The van der Waals surface area contributed by atoms with Crippen molar-refractivity contribution >= 4 is 11.8 Å². The molecule has 2 rings (SSSR count). The summed E-state index contributed by atoms with van der Waals surface area (Å²) < 4.78 is 5.89. The Morgan fingerprint density at radius 2 is 1.73 bits per heavy atom. The maximum atomic E-state index is 13.1. The molecule has 0 saturated heterocycles. The van der Waals surface area contributed by atoms with Gasteiger partial charge in [0.2, 0.25) is 5.91 Å². The van der Waals surface area contributed by atoms with Crippen LogP contribution in [0.2, 0.25) is 0 Å². The first kappa shape index (κ1) is 23.5. The van der Waals surface area contributed by atoms with Gasteiger partial charge >= 0.3 is 0 Å². The number of ether oxygens (including phenoxy) is 1. The van der Waals surface area contributed by atoms with Gasteiger partial charge in [0.1, 0.15) is 11.8 Å². The molecule has 0 aliphatic heterocycles. The number of aryl methyl sites for hydroxylation is 2. The normalized spacial score (nSPS) is 12.7. The van der Waals surface area contributed by atoms with E-state index in [9.17, 15) is 9.59 Å². The lowest BCUT2D eigenvalue weighted by molar-refractivity contribution is -0.142. The molecule has 0 heterocycles. The molecule has 2 aromatic carbocycles. The third-order valence-corrected chi connectivity index (χ3v) is 5.48. The number of carbonyl (C=O) groups excluding carboxylic acids is 2. The maximum Gasteiger partial charge on any atom is 0.261 e. The number of nitrogens with zero attached hydrogens (tertiary/aromatic N) is 1. The van der Waals surface area contributed by atoms with Crippen molar-refractivity contribution in [3.8, 4) is 5.75 Å². The summed E-state index contributed by atoms with van der Waals surface area (Å²) in [7, 11) is 0. The lowest BCUT2D eigenvalue weighted by Gasteiger charge is -2.29. The quantitative estimate of drug-likeness (QED) is 0.670. The number of hydrogen-bond donors (Lipinski definition) is 1. The Morgan fingerprint density at radius 3 is 2.37 bits per heavy atom. The summed E-state index contributed by atoms with van der Waals surface area (Å²) in [5.74, 6) is 0.331. The van der Waals surface area contributed by atoms with E-state index < -0.39 is 6.04 Å². The van der Waals surface area contributed by atoms with Crippen LogP contribution in [0.1, 0.15) is 49.4 Å². The highest BCUT2D eigenvalue weighted by atomic mass is 16.5. The predicted molar refractivity (Wildman–Crippen MR) is 120 cm³/mol. The van der Waals surface area contributed by atoms with E-state index in [1.807, 2.05) is 71.0 Å². The molecule has 5 nitrogen and oxygen atoms in total. The van der Waals surface area contributed by atoms with E-state index in [1.54, 1.807) is 11.8 Å². The van der Waals surface area contributed by atoms with Crippen LogP contribution in [0.3, 0.4) is 0 Å². The molecule has 0 spiro atoms. The highest BCUT2D eigenvalue weighted by Crippen LogP contribution is 2.23. The third kappa shape index (κ3) is 6.34. The Kier molecular flexibility index (Phi) is 8.46. The van der Waals surface area contributed by atoms with Crippen molar-refractivity contribution in [2.24, 2.45) is 0 Å². The number of benzene rings is 2. The number of rotatable bonds is 9. The summed E-state index contributed by atoms with van der Waals surface area (Å²) in [6, 6.07) is 13.2. The van der Waals surface area contributed by atoms with E-state index >= 15 is 0 Å². The highest BCUT2D eigenvalue weighted by Gasteiger charge is 2.27. The van der Waals surface area contributed by atoms with Gasteiger partial charge in [-0.1, -0.05) is 43.3 Å². The van der Waals surface area contributed by atoms with Gasteiger partial charge in [0, 0.05) is 12.6 Å². The first-order valence-electron chi connectivity index (χ1n) is 10.6. The number of carbonyl (C=O) groups is 2. The Labute approximate surface area is 180 Å². The topological polar surface area (TPSA) is 58.6 Å². The first-order chi connectivity index (χ1) is 14.2. The summed E-state index contributed by atoms with van der Waals surface area (Å²) in [5.41, 5.74) is 4.20. The van der Waals surface area contributed by atoms with Crippen molar-refractivity contribution in [1.29, 1.82) is 0 Å². The average Bonchev–Trinajstić information content (AvgIpc) is 2.73. The molecular weight excluding hydrogens is 376 g/mol. The van der Waals surface area contributed by atoms with Crippen LogP contribution in [0.15, 0.2) is 42.5 Å². The van der Waals surface area contributed by atoms with Crippen LogP contribution in [0.5, 0.6) is 5.75 Å². The molecule has 2 aromatic rings. The fraction of sp³-hybridized carbons (Fsp3) is 0.440. The minimum absolute atomic E-state index is 0.0581. The fourth-order valence-electron chi connectivity index (χ4n) is 3.20. The molecule has 0 aromatic heterocycles. The van der Waals surface area contributed by atoms with E-state index in [2.05, 4.69) is 11.4 Å². The Bertz CT molecular complexity index is 864. The van der Waals surface area contributed by atoms with Crippen molar-refractivity contribution in [2.45, 2.75) is 66.6 Å². The number of amides is 2. The van der Waals surface area contributed by atoms with Crippen molar-refractivity contribution < 1.29 is 14.3 Å². The molecule has 0 bridgehead atoms. The largest absolute Gasteiger partial charge is 0.483 e. The van der Waals surface area contributed by atoms with Gasteiger partial charge in [-0.25, -0.2) is 0 Å². The van der Waals surface area contributed by atoms with Gasteiger partial charge < -0.3 is 15.0 Å². The minimum atomic E-state index is -0.601. The van der Waals surface area contributed by atoms with Crippen LogP contribution in [0.25, 0.3) is 0 Å². The van der Waals surface area contributed by atoms with Crippen molar-refractivity contribution in [2.75, 3.05) is 6.61 Å². The van der Waals surface area contributed by atoms with Gasteiger partial charge in [-0.3, -0.25) is 9.59 Å². The van der Waals surface area contributed by atoms with Gasteiger partial charge in [-0.2, -0.15) is 0 Å². The lowest BCUT2D eigenvalue weighted by Crippen LogP contribution is -2.50. The number of nitrogens with one attached hydrogen (secondary N) is 1. The standard InChI is InChI=1S/C25H34N2O3/c1-7-19(4)26-25(29)21(6)27(15-22-11-9-8-10-12-22)24(28)16-30-23-14-17(2)13-18(3)20(23)5/h8-14,19,21H,7,15-16H2,1-6H3,(H,26,29)/t19-,21+/m0/s1. The third-order valence-electron chi connectivity index (χ3n) is 5.48. The summed E-state index contributed by atoms with van der Waals surface area (Å²) in [4.78, 5) is 27.4. The highest BCUT2D eigenvalue weighted by molar-refractivity contribution is 5.88. The molecule has 0 fully saturated rings. The summed E-state index contributed by atoms with van der Waals surface area (Å²) >= 11 is 0. The lowest BCUT2D eigenvalue weighted by atomic mass is 10.1. The van der Waals surface area contributed by atoms with E-state index in [0.717, 1.165) is 28.7 Å². The first-order valence-corrected chi connectivity index (χ1v) is 10.6. The SMILES string of the molecule is CC[C@H](C)NC(=O)[C@@H](C)N(Cc1ccccc1)C(=O)COc1cc(C)cc(C)c1C. The second-order valence-electron chi connectivity index (χ2n) is 7.99. The smallest absolute Gasteiger partial charge is 0.261 e. The van der Waals surface area contributed by atoms with E-state index in [4.69, 9.17) is 4.74 Å². The zero-order chi connectivity index (χ0) is 22.3. The second kappa shape index (κ2) is 10.8. The zero-order valence-electron chi connectivity index (χ0n) is 19.0. The summed E-state index contributed by atoms with van der Waals surface area (Å²) in [5, 5.41) is 2.97. The fourth-order valence-corrected chi connectivity index (χ4v) is 3.20. The Morgan fingerprint density at radius 1 is 1.07 bits per heavy atom.